The van der Waals surface area contributed by atoms with Crippen LogP contribution in [0.2, 0.25) is 0 Å². The number of rotatable bonds is 4. The standard InChI is InChI=1S/C11H20O2/c1-4-9(2)10(12)11(13-3)7-5-6-8-11/h9H,4-8H2,1-3H3. The molecule has 0 aromatic carbocycles. The molecule has 0 aromatic heterocycles. The lowest BCUT2D eigenvalue weighted by atomic mass is 9.87. The van der Waals surface area contributed by atoms with E-state index in [1.54, 1.807) is 7.11 Å². The zero-order valence-corrected chi connectivity index (χ0v) is 8.93. The molecule has 1 unspecified atom stereocenters. The first-order valence-corrected chi connectivity index (χ1v) is 5.25. The van der Waals surface area contributed by atoms with Crippen molar-refractivity contribution in [3.8, 4) is 0 Å². The molecule has 1 aliphatic rings. The zero-order valence-electron chi connectivity index (χ0n) is 8.93. The highest BCUT2D eigenvalue weighted by atomic mass is 16.5. The van der Waals surface area contributed by atoms with Gasteiger partial charge >= 0.3 is 0 Å². The molecule has 2 nitrogen and oxygen atoms in total. The molecule has 0 aliphatic heterocycles. The Balaban J connectivity index is 2.70. The van der Waals surface area contributed by atoms with Gasteiger partial charge in [0.25, 0.3) is 0 Å². The lowest BCUT2D eigenvalue weighted by Gasteiger charge is -2.28. The van der Waals surface area contributed by atoms with Gasteiger partial charge in [-0.25, -0.2) is 0 Å². The largest absolute Gasteiger partial charge is 0.370 e. The molecule has 0 saturated heterocycles. The zero-order chi connectivity index (χ0) is 9.90. The number of carbonyl (C=O) groups excluding carboxylic acids is 1. The third kappa shape index (κ3) is 1.93. The van der Waals surface area contributed by atoms with E-state index in [0.717, 1.165) is 32.1 Å². The number of hydrogen-bond acceptors (Lipinski definition) is 2. The van der Waals surface area contributed by atoms with Gasteiger partial charge < -0.3 is 4.74 Å². The maximum Gasteiger partial charge on any atom is 0.167 e. The van der Waals surface area contributed by atoms with E-state index in [1.165, 1.54) is 0 Å². The predicted octanol–water partition coefficient (Wildman–Crippen LogP) is 2.56. The summed E-state index contributed by atoms with van der Waals surface area (Å²) in [5.74, 6) is 0.466. The van der Waals surface area contributed by atoms with Crippen LogP contribution in [0.25, 0.3) is 0 Å². The average Bonchev–Trinajstić information content (AvgIpc) is 2.65. The normalized spacial score (nSPS) is 23.0. The third-order valence-corrected chi connectivity index (χ3v) is 3.31. The van der Waals surface area contributed by atoms with E-state index in [0.29, 0.717) is 5.78 Å². The number of Topliss-reactive ketones (excluding diaryl/α,β-unsaturated/α-hetero) is 1. The van der Waals surface area contributed by atoms with Crippen molar-refractivity contribution in [2.45, 2.75) is 51.6 Å². The number of ether oxygens (including phenoxy) is 1. The minimum atomic E-state index is -0.421. The summed E-state index contributed by atoms with van der Waals surface area (Å²) >= 11 is 0. The fraction of sp³-hybridized carbons (Fsp3) is 0.909. The Kier molecular flexibility index (Phi) is 3.48. The summed E-state index contributed by atoms with van der Waals surface area (Å²) in [6.07, 6.45) is 5.04. The third-order valence-electron chi connectivity index (χ3n) is 3.31. The highest BCUT2D eigenvalue weighted by Gasteiger charge is 2.42. The summed E-state index contributed by atoms with van der Waals surface area (Å²) in [6.45, 7) is 4.06. The number of methoxy groups -OCH3 is 1. The van der Waals surface area contributed by atoms with Crippen molar-refractivity contribution < 1.29 is 9.53 Å². The molecule has 0 aromatic rings. The van der Waals surface area contributed by atoms with E-state index < -0.39 is 5.60 Å². The van der Waals surface area contributed by atoms with Crippen LogP contribution in [0.1, 0.15) is 46.0 Å². The monoisotopic (exact) mass is 184 g/mol. The molecular formula is C11H20O2. The second-order valence-electron chi connectivity index (χ2n) is 4.08. The molecule has 0 N–H and O–H groups in total. The van der Waals surface area contributed by atoms with Crippen LogP contribution >= 0.6 is 0 Å². The molecule has 0 spiro atoms. The van der Waals surface area contributed by atoms with Crippen LogP contribution in [0, 0.1) is 5.92 Å². The molecule has 1 rings (SSSR count). The van der Waals surface area contributed by atoms with Crippen LogP contribution in [0.5, 0.6) is 0 Å². The SMILES string of the molecule is CCC(C)C(=O)C1(OC)CCCC1. The summed E-state index contributed by atoms with van der Waals surface area (Å²) in [4.78, 5) is 12.0. The van der Waals surface area contributed by atoms with Gasteiger partial charge in [-0.15, -0.1) is 0 Å². The minimum Gasteiger partial charge on any atom is -0.370 e. The molecule has 0 bridgehead atoms. The second kappa shape index (κ2) is 4.23. The summed E-state index contributed by atoms with van der Waals surface area (Å²) in [5.41, 5.74) is -0.421. The fourth-order valence-corrected chi connectivity index (χ4v) is 2.13. The van der Waals surface area contributed by atoms with E-state index >= 15 is 0 Å². The molecule has 76 valence electrons. The summed E-state index contributed by atoms with van der Waals surface area (Å²) in [7, 11) is 1.67. The number of hydrogen-bond donors (Lipinski definition) is 0. The molecule has 1 fully saturated rings. The van der Waals surface area contributed by atoms with Gasteiger partial charge in [0.15, 0.2) is 5.78 Å². The Morgan fingerprint density at radius 1 is 1.46 bits per heavy atom. The minimum absolute atomic E-state index is 0.151. The van der Waals surface area contributed by atoms with Crippen LogP contribution in [-0.4, -0.2) is 18.5 Å². The van der Waals surface area contributed by atoms with Crippen molar-refractivity contribution in [2.75, 3.05) is 7.11 Å². The second-order valence-corrected chi connectivity index (χ2v) is 4.08. The van der Waals surface area contributed by atoms with Crippen LogP contribution < -0.4 is 0 Å². The first-order chi connectivity index (χ1) is 6.16. The van der Waals surface area contributed by atoms with Gasteiger partial charge in [0, 0.05) is 13.0 Å². The van der Waals surface area contributed by atoms with Gasteiger partial charge in [-0.2, -0.15) is 0 Å². The molecule has 0 radical (unpaired) electrons. The van der Waals surface area contributed by atoms with E-state index in [1.807, 2.05) is 6.92 Å². The summed E-state index contributed by atoms with van der Waals surface area (Å²) in [5, 5.41) is 0. The average molecular weight is 184 g/mol. The molecule has 0 amide bonds. The van der Waals surface area contributed by atoms with Gasteiger partial charge in [-0.3, -0.25) is 4.79 Å². The van der Waals surface area contributed by atoms with Crippen LogP contribution in [0.15, 0.2) is 0 Å². The molecule has 13 heavy (non-hydrogen) atoms. The fourth-order valence-electron chi connectivity index (χ4n) is 2.13. The van der Waals surface area contributed by atoms with E-state index in [4.69, 9.17) is 4.74 Å². The smallest absolute Gasteiger partial charge is 0.167 e. The summed E-state index contributed by atoms with van der Waals surface area (Å²) < 4.78 is 5.43. The number of carbonyl (C=O) groups is 1. The molecule has 1 saturated carbocycles. The Morgan fingerprint density at radius 3 is 2.38 bits per heavy atom. The predicted molar refractivity (Wildman–Crippen MR) is 52.7 cm³/mol. The van der Waals surface area contributed by atoms with Crippen LogP contribution in [0.4, 0.5) is 0 Å². The lowest BCUT2D eigenvalue weighted by molar-refractivity contribution is -0.144. The molecule has 1 atom stereocenters. The lowest BCUT2D eigenvalue weighted by Crippen LogP contribution is -2.41. The van der Waals surface area contributed by atoms with E-state index in [9.17, 15) is 4.79 Å². The first-order valence-electron chi connectivity index (χ1n) is 5.25. The van der Waals surface area contributed by atoms with Gasteiger partial charge in [0.05, 0.1) is 0 Å². The van der Waals surface area contributed by atoms with Crippen molar-refractivity contribution in [2.24, 2.45) is 5.92 Å². The highest BCUT2D eigenvalue weighted by Crippen LogP contribution is 2.35. The number of ketones is 1. The summed E-state index contributed by atoms with van der Waals surface area (Å²) in [6, 6.07) is 0. The highest BCUT2D eigenvalue weighted by molar-refractivity contribution is 5.89. The Bertz CT molecular complexity index is 181. The maximum absolute atomic E-state index is 12.0. The molecule has 1 aliphatic carbocycles. The topological polar surface area (TPSA) is 26.3 Å². The van der Waals surface area contributed by atoms with E-state index in [2.05, 4.69) is 6.92 Å². The molecule has 2 heteroatoms. The van der Waals surface area contributed by atoms with Gasteiger partial charge in [0.1, 0.15) is 5.60 Å². The quantitative estimate of drug-likeness (QED) is 0.671. The van der Waals surface area contributed by atoms with Crippen LogP contribution in [-0.2, 0) is 9.53 Å². The van der Waals surface area contributed by atoms with Crippen molar-refractivity contribution >= 4 is 5.78 Å². The van der Waals surface area contributed by atoms with Crippen molar-refractivity contribution in [1.82, 2.24) is 0 Å². The Hall–Kier alpha value is -0.370. The molecule has 0 heterocycles. The molecular weight excluding hydrogens is 164 g/mol. The maximum atomic E-state index is 12.0. The Labute approximate surface area is 80.7 Å². The van der Waals surface area contributed by atoms with Crippen LogP contribution in [0.3, 0.4) is 0 Å². The van der Waals surface area contributed by atoms with Gasteiger partial charge in [0.2, 0.25) is 0 Å². The van der Waals surface area contributed by atoms with E-state index in [-0.39, 0.29) is 5.92 Å². The first kappa shape index (κ1) is 10.7. The van der Waals surface area contributed by atoms with Gasteiger partial charge in [-0.05, 0) is 32.1 Å². The van der Waals surface area contributed by atoms with Crippen molar-refractivity contribution in [1.29, 1.82) is 0 Å². The van der Waals surface area contributed by atoms with Crippen molar-refractivity contribution in [3.05, 3.63) is 0 Å². The van der Waals surface area contributed by atoms with Gasteiger partial charge in [-0.1, -0.05) is 13.8 Å². The van der Waals surface area contributed by atoms with Crippen molar-refractivity contribution in [3.63, 3.8) is 0 Å². The Morgan fingerprint density at radius 2 is 2.00 bits per heavy atom.